The van der Waals surface area contributed by atoms with Gasteiger partial charge in [0.25, 0.3) is 0 Å². The highest BCUT2D eigenvalue weighted by atomic mass is 35.5. The molecule has 0 atom stereocenters. The van der Waals surface area contributed by atoms with Crippen molar-refractivity contribution in [2.45, 2.75) is 13.3 Å². The molecule has 0 aliphatic rings. The van der Waals surface area contributed by atoms with Gasteiger partial charge in [0.1, 0.15) is 17.3 Å². The molecule has 3 aromatic rings. The molecule has 0 saturated heterocycles. The summed E-state index contributed by atoms with van der Waals surface area (Å²) in [5, 5.41) is 10.7. The maximum absolute atomic E-state index is 15.2. The molecule has 7 heteroatoms. The van der Waals surface area contributed by atoms with Crippen molar-refractivity contribution in [2.75, 3.05) is 13.2 Å². The Balaban J connectivity index is 1.87. The van der Waals surface area contributed by atoms with Crippen LogP contribution in [0.1, 0.15) is 18.1 Å². The topological polar surface area (TPSA) is 55.8 Å². The molecule has 0 heterocycles. The standard InChI is InChI=1S/C23H19Cl2FO4/c1-2-29-21(28)13-30-16-11-18(24)17(19(25)12-16)10-15-8-9-20(27)22(23(15)26)14-6-4-3-5-7-14/h3-9,11-12,27H,2,10,13H2,1H3. The van der Waals surface area contributed by atoms with E-state index in [1.54, 1.807) is 31.2 Å². The Labute approximate surface area is 183 Å². The molecular weight excluding hydrogens is 430 g/mol. The van der Waals surface area contributed by atoms with E-state index in [4.69, 9.17) is 32.7 Å². The zero-order valence-corrected chi connectivity index (χ0v) is 17.6. The van der Waals surface area contributed by atoms with Gasteiger partial charge in [-0.3, -0.25) is 0 Å². The highest BCUT2D eigenvalue weighted by Gasteiger charge is 2.18. The first-order valence-electron chi connectivity index (χ1n) is 9.22. The third kappa shape index (κ3) is 5.04. The van der Waals surface area contributed by atoms with Crippen LogP contribution >= 0.6 is 23.2 Å². The van der Waals surface area contributed by atoms with Gasteiger partial charge in [0.15, 0.2) is 6.61 Å². The number of esters is 1. The number of rotatable bonds is 7. The fourth-order valence-corrected chi connectivity index (χ4v) is 3.59. The SMILES string of the molecule is CCOC(=O)COc1cc(Cl)c(Cc2ccc(O)c(-c3ccccc3)c2F)c(Cl)c1. The Kier molecular flexibility index (Phi) is 7.19. The molecule has 30 heavy (non-hydrogen) atoms. The highest BCUT2D eigenvalue weighted by Crippen LogP contribution is 2.37. The molecule has 0 aromatic heterocycles. The van der Waals surface area contributed by atoms with Crippen LogP contribution in [0.25, 0.3) is 11.1 Å². The summed E-state index contributed by atoms with van der Waals surface area (Å²) in [7, 11) is 0. The molecule has 0 bridgehead atoms. The predicted octanol–water partition coefficient (Wildman–Crippen LogP) is 6.04. The monoisotopic (exact) mass is 448 g/mol. The third-order valence-electron chi connectivity index (χ3n) is 4.41. The van der Waals surface area contributed by atoms with E-state index in [9.17, 15) is 9.90 Å². The normalized spacial score (nSPS) is 10.7. The van der Waals surface area contributed by atoms with Gasteiger partial charge in [0.05, 0.1) is 12.2 Å². The molecule has 0 saturated carbocycles. The summed E-state index contributed by atoms with van der Waals surface area (Å²) in [6.07, 6.45) is 0.113. The number of phenolic OH excluding ortho intramolecular Hbond substituents is 1. The molecular formula is C23H19Cl2FO4. The number of carbonyl (C=O) groups is 1. The van der Waals surface area contributed by atoms with Crippen molar-refractivity contribution in [1.29, 1.82) is 0 Å². The van der Waals surface area contributed by atoms with E-state index < -0.39 is 11.8 Å². The van der Waals surface area contributed by atoms with Crippen molar-refractivity contribution in [2.24, 2.45) is 0 Å². The van der Waals surface area contributed by atoms with E-state index in [0.717, 1.165) is 0 Å². The van der Waals surface area contributed by atoms with Crippen molar-refractivity contribution in [3.8, 4) is 22.6 Å². The Morgan fingerprint density at radius 2 is 1.73 bits per heavy atom. The lowest BCUT2D eigenvalue weighted by Gasteiger charge is -2.14. The lowest BCUT2D eigenvalue weighted by atomic mass is 9.97. The largest absolute Gasteiger partial charge is 0.507 e. The quantitative estimate of drug-likeness (QED) is 0.447. The summed E-state index contributed by atoms with van der Waals surface area (Å²) < 4.78 is 25.4. The maximum Gasteiger partial charge on any atom is 0.344 e. The van der Waals surface area contributed by atoms with Crippen LogP contribution in [0.15, 0.2) is 54.6 Å². The van der Waals surface area contributed by atoms with Crippen LogP contribution in [0.4, 0.5) is 4.39 Å². The van der Waals surface area contributed by atoms with Gasteiger partial charge in [-0.25, -0.2) is 9.18 Å². The Hall–Kier alpha value is -2.76. The molecule has 156 valence electrons. The van der Waals surface area contributed by atoms with Crippen LogP contribution in [-0.2, 0) is 16.0 Å². The third-order valence-corrected chi connectivity index (χ3v) is 5.08. The first-order chi connectivity index (χ1) is 14.4. The fraction of sp³-hybridized carbons (Fsp3) is 0.174. The van der Waals surface area contributed by atoms with E-state index in [-0.39, 0.29) is 41.0 Å². The molecule has 4 nitrogen and oxygen atoms in total. The van der Waals surface area contributed by atoms with Crippen molar-refractivity contribution >= 4 is 29.2 Å². The zero-order chi connectivity index (χ0) is 21.7. The second kappa shape index (κ2) is 9.83. The number of phenols is 1. The lowest BCUT2D eigenvalue weighted by molar-refractivity contribution is -0.145. The van der Waals surface area contributed by atoms with Crippen LogP contribution in [0.2, 0.25) is 10.0 Å². The zero-order valence-electron chi connectivity index (χ0n) is 16.1. The number of carbonyl (C=O) groups excluding carboxylic acids is 1. The van der Waals surface area contributed by atoms with Gasteiger partial charge in [-0.2, -0.15) is 0 Å². The maximum atomic E-state index is 15.2. The van der Waals surface area contributed by atoms with Gasteiger partial charge in [-0.1, -0.05) is 59.6 Å². The lowest BCUT2D eigenvalue weighted by Crippen LogP contribution is -2.14. The number of hydrogen-bond acceptors (Lipinski definition) is 4. The van der Waals surface area contributed by atoms with E-state index in [2.05, 4.69) is 0 Å². The number of aromatic hydroxyl groups is 1. The molecule has 0 radical (unpaired) electrons. The highest BCUT2D eigenvalue weighted by molar-refractivity contribution is 6.36. The van der Waals surface area contributed by atoms with E-state index >= 15 is 4.39 Å². The molecule has 1 N–H and O–H groups in total. The van der Waals surface area contributed by atoms with Crippen LogP contribution in [0.3, 0.4) is 0 Å². The molecule has 0 aliphatic heterocycles. The summed E-state index contributed by atoms with van der Waals surface area (Å²) in [6.45, 7) is 1.69. The summed E-state index contributed by atoms with van der Waals surface area (Å²) in [6, 6.07) is 14.8. The second-order valence-corrected chi connectivity index (χ2v) is 7.25. The second-order valence-electron chi connectivity index (χ2n) is 6.43. The van der Waals surface area contributed by atoms with Crippen molar-refractivity contribution in [3.05, 3.63) is 81.6 Å². The van der Waals surface area contributed by atoms with Crippen LogP contribution in [-0.4, -0.2) is 24.3 Å². The average Bonchev–Trinajstić information content (AvgIpc) is 2.72. The van der Waals surface area contributed by atoms with Crippen LogP contribution in [0.5, 0.6) is 11.5 Å². The van der Waals surface area contributed by atoms with Crippen molar-refractivity contribution < 1.29 is 23.8 Å². The summed E-state index contributed by atoms with van der Waals surface area (Å²) in [5.41, 5.74) is 1.52. The predicted molar refractivity (Wildman–Crippen MR) is 115 cm³/mol. The number of ether oxygens (including phenoxy) is 2. The van der Waals surface area contributed by atoms with Gasteiger partial charge < -0.3 is 14.6 Å². The van der Waals surface area contributed by atoms with Crippen molar-refractivity contribution in [3.63, 3.8) is 0 Å². The molecule has 3 aromatic carbocycles. The number of halogens is 3. The fourth-order valence-electron chi connectivity index (χ4n) is 2.99. The van der Waals surface area contributed by atoms with Crippen molar-refractivity contribution in [1.82, 2.24) is 0 Å². The summed E-state index contributed by atoms with van der Waals surface area (Å²) in [5.74, 6) is -0.898. The van der Waals surface area contributed by atoms with E-state index in [0.29, 0.717) is 22.4 Å². The van der Waals surface area contributed by atoms with Crippen LogP contribution in [0, 0.1) is 5.82 Å². The first-order valence-corrected chi connectivity index (χ1v) is 9.98. The summed E-state index contributed by atoms with van der Waals surface area (Å²) in [4.78, 5) is 11.4. The summed E-state index contributed by atoms with van der Waals surface area (Å²) >= 11 is 12.7. The first kappa shape index (κ1) is 21.9. The Morgan fingerprint density at radius 1 is 1.07 bits per heavy atom. The van der Waals surface area contributed by atoms with Gasteiger partial charge in [-0.15, -0.1) is 0 Å². The van der Waals surface area contributed by atoms with E-state index in [1.807, 2.05) is 6.07 Å². The smallest absolute Gasteiger partial charge is 0.344 e. The van der Waals surface area contributed by atoms with Gasteiger partial charge in [-0.05, 0) is 41.8 Å². The molecule has 0 aliphatic carbocycles. The number of hydrogen-bond donors (Lipinski definition) is 1. The minimum absolute atomic E-state index is 0.113. The average molecular weight is 449 g/mol. The van der Waals surface area contributed by atoms with E-state index in [1.165, 1.54) is 24.3 Å². The molecule has 0 fully saturated rings. The van der Waals surface area contributed by atoms with Crippen LogP contribution < -0.4 is 4.74 Å². The molecule has 0 unspecified atom stereocenters. The Morgan fingerprint density at radius 3 is 2.37 bits per heavy atom. The molecule has 0 spiro atoms. The van der Waals surface area contributed by atoms with Gasteiger partial charge >= 0.3 is 5.97 Å². The minimum atomic E-state index is -0.545. The molecule has 3 rings (SSSR count). The number of benzene rings is 3. The minimum Gasteiger partial charge on any atom is -0.507 e. The molecule has 0 amide bonds. The Bertz CT molecular complexity index is 1030. The van der Waals surface area contributed by atoms with Gasteiger partial charge in [0, 0.05) is 16.5 Å². The van der Waals surface area contributed by atoms with Gasteiger partial charge in [0.2, 0.25) is 0 Å².